The number of piperidine rings is 1. The van der Waals surface area contributed by atoms with Crippen LogP contribution in [-0.2, 0) is 9.53 Å². The van der Waals surface area contributed by atoms with Gasteiger partial charge in [-0.05, 0) is 26.7 Å². The minimum Gasteiger partial charge on any atom is -0.370 e. The first kappa shape index (κ1) is 22.2. The summed E-state index contributed by atoms with van der Waals surface area (Å²) < 4.78 is 5.11. The third kappa shape index (κ3) is 5.74. The Kier molecular flexibility index (Phi) is 11.8. The normalized spacial score (nSPS) is 18.1. The molecule has 7 heteroatoms. The van der Waals surface area contributed by atoms with Crippen molar-refractivity contribution >= 4 is 30.7 Å². The van der Waals surface area contributed by atoms with E-state index in [4.69, 9.17) is 10.5 Å². The lowest BCUT2D eigenvalue weighted by molar-refractivity contribution is -0.143. The van der Waals surface area contributed by atoms with Crippen molar-refractivity contribution in [2.45, 2.75) is 44.9 Å². The molecule has 0 aliphatic carbocycles. The van der Waals surface area contributed by atoms with Gasteiger partial charge in [-0.3, -0.25) is 4.79 Å². The van der Waals surface area contributed by atoms with Crippen molar-refractivity contribution in [1.82, 2.24) is 9.80 Å². The number of amides is 1. The first-order chi connectivity index (χ1) is 8.51. The second kappa shape index (κ2) is 10.6. The van der Waals surface area contributed by atoms with Crippen LogP contribution in [-0.4, -0.2) is 67.7 Å². The summed E-state index contributed by atoms with van der Waals surface area (Å²) in [6, 6.07) is 0.902. The Morgan fingerprint density at radius 1 is 1.35 bits per heavy atom. The molecule has 122 valence electrons. The number of carbonyl (C=O) groups excluding carboxylic acids is 1. The number of halogens is 2. The maximum atomic E-state index is 12.1. The molecule has 0 aromatic rings. The van der Waals surface area contributed by atoms with E-state index in [1.807, 2.05) is 11.9 Å². The molecule has 1 saturated heterocycles. The van der Waals surface area contributed by atoms with Gasteiger partial charge in [-0.25, -0.2) is 0 Å². The Hall–Kier alpha value is -0.0700. The highest BCUT2D eigenvalue weighted by molar-refractivity contribution is 5.85. The number of likely N-dealkylation sites (tertiary alicyclic amines) is 1. The van der Waals surface area contributed by atoms with Gasteiger partial charge >= 0.3 is 0 Å². The summed E-state index contributed by atoms with van der Waals surface area (Å²) in [6.45, 7) is 6.78. The van der Waals surface area contributed by atoms with Crippen molar-refractivity contribution in [3.8, 4) is 0 Å². The van der Waals surface area contributed by atoms with E-state index in [-0.39, 0.29) is 37.3 Å². The zero-order valence-electron chi connectivity index (χ0n) is 12.9. The van der Waals surface area contributed by atoms with Crippen LogP contribution in [0.1, 0.15) is 26.7 Å². The fourth-order valence-corrected chi connectivity index (χ4v) is 2.49. The number of hydrogen-bond acceptors (Lipinski definition) is 4. The van der Waals surface area contributed by atoms with Gasteiger partial charge in [0, 0.05) is 45.9 Å². The van der Waals surface area contributed by atoms with Gasteiger partial charge in [-0.2, -0.15) is 0 Å². The van der Waals surface area contributed by atoms with Gasteiger partial charge in [0.05, 0.1) is 0 Å². The molecule has 0 bridgehead atoms. The number of rotatable bonds is 5. The first-order valence-electron chi connectivity index (χ1n) is 6.74. The molecule has 0 aromatic heterocycles. The summed E-state index contributed by atoms with van der Waals surface area (Å²) in [4.78, 5) is 16.4. The minimum absolute atomic E-state index is 0. The van der Waals surface area contributed by atoms with Crippen molar-refractivity contribution in [2.75, 3.05) is 33.8 Å². The van der Waals surface area contributed by atoms with Crippen LogP contribution in [0.3, 0.4) is 0 Å². The molecule has 0 aromatic carbocycles. The number of carbonyl (C=O) groups is 1. The van der Waals surface area contributed by atoms with Gasteiger partial charge < -0.3 is 20.3 Å². The van der Waals surface area contributed by atoms with E-state index in [1.165, 1.54) is 7.11 Å². The maximum Gasteiger partial charge on any atom is 0.252 e. The summed E-state index contributed by atoms with van der Waals surface area (Å²) in [5.74, 6) is 0.00277. The molecule has 2 N–H and O–H groups in total. The summed E-state index contributed by atoms with van der Waals surface area (Å²) >= 11 is 0. The molecule has 1 amide bonds. The summed E-state index contributed by atoms with van der Waals surface area (Å²) in [5, 5.41) is 0. The van der Waals surface area contributed by atoms with Crippen LogP contribution >= 0.6 is 24.8 Å². The molecular formula is C13H29Cl2N3O2. The number of ether oxygens (including phenoxy) is 1. The van der Waals surface area contributed by atoms with E-state index < -0.39 is 6.10 Å². The molecule has 1 aliphatic heterocycles. The highest BCUT2D eigenvalue weighted by Gasteiger charge is 2.29. The van der Waals surface area contributed by atoms with Gasteiger partial charge in [-0.15, -0.1) is 24.8 Å². The predicted molar refractivity (Wildman–Crippen MR) is 86.8 cm³/mol. The number of hydrogen-bond donors (Lipinski definition) is 1. The molecule has 5 nitrogen and oxygen atoms in total. The van der Waals surface area contributed by atoms with Crippen molar-refractivity contribution in [3.63, 3.8) is 0 Å². The highest BCUT2D eigenvalue weighted by Crippen LogP contribution is 2.18. The summed E-state index contributed by atoms with van der Waals surface area (Å²) in [7, 11) is 3.39. The van der Waals surface area contributed by atoms with E-state index in [2.05, 4.69) is 18.7 Å². The SMILES string of the molecule is COC(CN)C(=O)N(C)C1CCN(C(C)C)CC1.Cl.Cl. The number of nitrogens with two attached hydrogens (primary N) is 1. The highest BCUT2D eigenvalue weighted by atomic mass is 35.5. The van der Waals surface area contributed by atoms with Crippen LogP contribution in [0.25, 0.3) is 0 Å². The third-order valence-electron chi connectivity index (χ3n) is 3.90. The quantitative estimate of drug-likeness (QED) is 0.821. The molecule has 1 aliphatic rings. The Morgan fingerprint density at radius 3 is 2.20 bits per heavy atom. The van der Waals surface area contributed by atoms with Crippen LogP contribution in [0.5, 0.6) is 0 Å². The van der Waals surface area contributed by atoms with E-state index >= 15 is 0 Å². The van der Waals surface area contributed by atoms with Gasteiger partial charge in [-0.1, -0.05) is 0 Å². The van der Waals surface area contributed by atoms with Gasteiger partial charge in [0.25, 0.3) is 5.91 Å². The van der Waals surface area contributed by atoms with Crippen molar-refractivity contribution < 1.29 is 9.53 Å². The van der Waals surface area contributed by atoms with Crippen LogP contribution in [0.2, 0.25) is 0 Å². The smallest absolute Gasteiger partial charge is 0.252 e. The molecule has 0 spiro atoms. The van der Waals surface area contributed by atoms with Crippen LogP contribution < -0.4 is 5.73 Å². The van der Waals surface area contributed by atoms with E-state index in [9.17, 15) is 4.79 Å². The minimum atomic E-state index is -0.502. The fourth-order valence-electron chi connectivity index (χ4n) is 2.49. The van der Waals surface area contributed by atoms with Gasteiger partial charge in [0.2, 0.25) is 0 Å². The average molecular weight is 330 g/mol. The lowest BCUT2D eigenvalue weighted by atomic mass is 10.0. The second-order valence-electron chi connectivity index (χ2n) is 5.27. The molecular weight excluding hydrogens is 301 g/mol. The molecule has 1 atom stereocenters. The third-order valence-corrected chi connectivity index (χ3v) is 3.90. The zero-order chi connectivity index (χ0) is 13.7. The number of methoxy groups -OCH3 is 1. The monoisotopic (exact) mass is 329 g/mol. The Morgan fingerprint density at radius 2 is 1.85 bits per heavy atom. The second-order valence-corrected chi connectivity index (χ2v) is 5.27. The first-order valence-corrected chi connectivity index (χ1v) is 6.74. The average Bonchev–Trinajstić information content (AvgIpc) is 2.39. The van der Waals surface area contributed by atoms with Crippen molar-refractivity contribution in [2.24, 2.45) is 5.73 Å². The Labute approximate surface area is 135 Å². The van der Waals surface area contributed by atoms with E-state index in [1.54, 1.807) is 0 Å². The van der Waals surface area contributed by atoms with Crippen LogP contribution in [0, 0.1) is 0 Å². The largest absolute Gasteiger partial charge is 0.370 e. The molecule has 1 heterocycles. The van der Waals surface area contributed by atoms with Crippen LogP contribution in [0.4, 0.5) is 0 Å². The maximum absolute atomic E-state index is 12.1. The van der Waals surface area contributed by atoms with Crippen molar-refractivity contribution in [1.29, 1.82) is 0 Å². The van der Waals surface area contributed by atoms with Crippen molar-refractivity contribution in [3.05, 3.63) is 0 Å². The Balaban J connectivity index is 0. The summed E-state index contributed by atoms with van der Waals surface area (Å²) in [6.07, 6.45) is 1.56. The fraction of sp³-hybridized carbons (Fsp3) is 0.923. The topological polar surface area (TPSA) is 58.8 Å². The molecule has 0 radical (unpaired) electrons. The molecule has 0 saturated carbocycles. The molecule has 1 fully saturated rings. The van der Waals surface area contributed by atoms with E-state index in [0.29, 0.717) is 12.1 Å². The lowest BCUT2D eigenvalue weighted by Gasteiger charge is -2.39. The molecule has 1 rings (SSSR count). The van der Waals surface area contributed by atoms with Crippen LogP contribution in [0.15, 0.2) is 0 Å². The Bertz CT molecular complexity index is 268. The number of nitrogens with zero attached hydrogens (tertiary/aromatic N) is 2. The van der Waals surface area contributed by atoms with Gasteiger partial charge in [0.1, 0.15) is 6.10 Å². The summed E-state index contributed by atoms with van der Waals surface area (Å²) in [5.41, 5.74) is 5.53. The lowest BCUT2D eigenvalue weighted by Crippen LogP contribution is -2.51. The van der Waals surface area contributed by atoms with E-state index in [0.717, 1.165) is 25.9 Å². The predicted octanol–water partition coefficient (Wildman–Crippen LogP) is 1.13. The number of likely N-dealkylation sites (N-methyl/N-ethyl adjacent to an activating group) is 1. The molecule has 20 heavy (non-hydrogen) atoms. The zero-order valence-corrected chi connectivity index (χ0v) is 14.5. The molecule has 1 unspecified atom stereocenters. The van der Waals surface area contributed by atoms with Gasteiger partial charge in [0.15, 0.2) is 0 Å². The standard InChI is InChI=1S/C13H27N3O2.2ClH/c1-10(2)16-7-5-11(6-8-16)15(3)13(17)12(9-14)18-4;;/h10-12H,5-9,14H2,1-4H3;2*1H.